The van der Waals surface area contributed by atoms with Crippen molar-refractivity contribution in [3.05, 3.63) is 70.9 Å². The molecule has 4 atom stereocenters. The number of anilines is 1. The molecule has 3 heterocycles. The molecule has 0 bridgehead atoms. The first-order valence-corrected chi connectivity index (χ1v) is 9.41. The molecule has 5 rings (SSSR count). The zero-order valence-corrected chi connectivity index (χ0v) is 15.7. The Morgan fingerprint density at radius 2 is 1.64 bits per heavy atom. The van der Waals surface area contributed by atoms with Gasteiger partial charge in [-0.05, 0) is 54.3 Å². The highest BCUT2D eigenvalue weighted by Gasteiger charge is 2.63. The molecular weight excluding hydrogens is 350 g/mol. The second kappa shape index (κ2) is 5.80. The zero-order chi connectivity index (χ0) is 19.6. The molecule has 0 aromatic heterocycles. The summed E-state index contributed by atoms with van der Waals surface area (Å²) < 4.78 is 0. The second-order valence-electron chi connectivity index (χ2n) is 7.82. The average Bonchev–Trinajstić information content (AvgIpc) is 3.13. The quantitative estimate of drug-likeness (QED) is 0.723. The summed E-state index contributed by atoms with van der Waals surface area (Å²) in [5.74, 6) is -1.69. The maximum Gasteiger partial charge on any atom is 0.240 e. The van der Waals surface area contributed by atoms with Crippen LogP contribution in [0.1, 0.15) is 28.3 Å². The molecule has 0 aliphatic carbocycles. The number of hydrogen-bond donors (Lipinski definition) is 0. The Morgan fingerprint density at radius 3 is 2.36 bits per heavy atom. The first kappa shape index (κ1) is 16.8. The van der Waals surface area contributed by atoms with E-state index in [1.807, 2.05) is 73.5 Å². The third kappa shape index (κ3) is 2.12. The highest BCUT2D eigenvalue weighted by molar-refractivity contribution is 6.23. The number of fused-ring (bicyclic) bond motifs is 5. The minimum Gasteiger partial charge on any atom is -0.353 e. The third-order valence-corrected chi connectivity index (χ3v) is 6.06. The highest BCUT2D eigenvalue weighted by Crippen LogP contribution is 2.52. The third-order valence-electron chi connectivity index (χ3n) is 6.06. The van der Waals surface area contributed by atoms with Gasteiger partial charge in [-0.15, -0.1) is 0 Å². The normalized spacial score (nSPS) is 27.5. The lowest BCUT2D eigenvalue weighted by Crippen LogP contribution is -2.40. The standard InChI is InChI=1S/C23H19N3O2/c1-13-9-14(2)11-16(10-13)26-22(27)19-18(12-24)25-8-7-15-5-3-4-6-17(15)21(25)20(19)23(26)28/h3-11,18-21H,1-2H3. The van der Waals surface area contributed by atoms with Crippen LogP contribution >= 0.6 is 0 Å². The van der Waals surface area contributed by atoms with E-state index in [1.165, 1.54) is 4.90 Å². The molecule has 5 heteroatoms. The summed E-state index contributed by atoms with van der Waals surface area (Å²) in [4.78, 5) is 30.0. The van der Waals surface area contributed by atoms with E-state index >= 15 is 0 Å². The van der Waals surface area contributed by atoms with Crippen molar-refractivity contribution in [1.82, 2.24) is 4.90 Å². The van der Waals surface area contributed by atoms with E-state index in [2.05, 4.69) is 6.07 Å². The molecule has 2 aromatic carbocycles. The molecule has 2 amide bonds. The Hall–Kier alpha value is -3.39. The smallest absolute Gasteiger partial charge is 0.240 e. The summed E-state index contributed by atoms with van der Waals surface area (Å²) in [6, 6.07) is 15.0. The monoisotopic (exact) mass is 369 g/mol. The predicted molar refractivity (Wildman–Crippen MR) is 105 cm³/mol. The lowest BCUT2D eigenvalue weighted by atomic mass is 9.85. The van der Waals surface area contributed by atoms with Crippen molar-refractivity contribution >= 4 is 23.6 Å². The van der Waals surface area contributed by atoms with Gasteiger partial charge in [0.15, 0.2) is 0 Å². The lowest BCUT2D eigenvalue weighted by molar-refractivity contribution is -0.123. The van der Waals surface area contributed by atoms with Crippen LogP contribution in [-0.4, -0.2) is 22.8 Å². The van der Waals surface area contributed by atoms with Gasteiger partial charge < -0.3 is 4.90 Å². The lowest BCUT2D eigenvalue weighted by Gasteiger charge is -2.33. The van der Waals surface area contributed by atoms with Crippen LogP contribution in [0.15, 0.2) is 48.7 Å². The average molecular weight is 369 g/mol. The van der Waals surface area contributed by atoms with Crippen LogP contribution in [0.5, 0.6) is 0 Å². The minimum absolute atomic E-state index is 0.210. The van der Waals surface area contributed by atoms with Gasteiger partial charge in [-0.3, -0.25) is 9.59 Å². The fourth-order valence-corrected chi connectivity index (χ4v) is 5.04. The number of amides is 2. The molecule has 28 heavy (non-hydrogen) atoms. The molecule has 5 nitrogen and oxygen atoms in total. The fourth-order valence-electron chi connectivity index (χ4n) is 5.04. The van der Waals surface area contributed by atoms with Crippen molar-refractivity contribution in [2.45, 2.75) is 25.9 Å². The van der Waals surface area contributed by atoms with Crippen LogP contribution in [0.3, 0.4) is 0 Å². The fraction of sp³-hybridized carbons (Fsp3) is 0.261. The van der Waals surface area contributed by atoms with Gasteiger partial charge in [0.1, 0.15) is 6.04 Å². The Labute approximate surface area is 163 Å². The van der Waals surface area contributed by atoms with E-state index in [4.69, 9.17) is 0 Å². The van der Waals surface area contributed by atoms with Gasteiger partial charge >= 0.3 is 0 Å². The van der Waals surface area contributed by atoms with E-state index in [0.29, 0.717) is 5.69 Å². The molecule has 3 aliphatic rings. The molecule has 0 N–H and O–H groups in total. The molecular formula is C23H19N3O2. The Kier molecular flexibility index (Phi) is 3.47. The molecule has 3 aliphatic heterocycles. The van der Waals surface area contributed by atoms with Crippen LogP contribution in [0, 0.1) is 37.0 Å². The number of rotatable bonds is 1. The molecule has 0 spiro atoms. The molecule has 2 aromatic rings. The largest absolute Gasteiger partial charge is 0.353 e. The molecule has 138 valence electrons. The molecule has 4 unspecified atom stereocenters. The van der Waals surface area contributed by atoms with Crippen molar-refractivity contribution in [2.24, 2.45) is 11.8 Å². The van der Waals surface area contributed by atoms with Gasteiger partial charge in [-0.2, -0.15) is 5.26 Å². The van der Waals surface area contributed by atoms with Crippen molar-refractivity contribution in [3.8, 4) is 6.07 Å². The van der Waals surface area contributed by atoms with Gasteiger partial charge in [0.2, 0.25) is 11.8 Å². The first-order chi connectivity index (χ1) is 13.5. The summed E-state index contributed by atoms with van der Waals surface area (Å²) in [5.41, 5.74) is 4.63. The number of nitrogens with zero attached hydrogens (tertiary/aromatic N) is 3. The van der Waals surface area contributed by atoms with E-state index in [9.17, 15) is 14.9 Å². The van der Waals surface area contributed by atoms with Gasteiger partial charge in [0, 0.05) is 6.20 Å². The van der Waals surface area contributed by atoms with Crippen molar-refractivity contribution in [2.75, 3.05) is 4.90 Å². The van der Waals surface area contributed by atoms with Crippen LogP contribution < -0.4 is 4.90 Å². The highest BCUT2D eigenvalue weighted by atomic mass is 16.2. The molecule has 0 saturated carbocycles. The maximum absolute atomic E-state index is 13.5. The van der Waals surface area contributed by atoms with Crippen molar-refractivity contribution in [1.29, 1.82) is 5.26 Å². The minimum atomic E-state index is -0.654. The van der Waals surface area contributed by atoms with Gasteiger partial charge in [0.25, 0.3) is 0 Å². The van der Waals surface area contributed by atoms with Crippen LogP contribution in [0.2, 0.25) is 0 Å². The summed E-state index contributed by atoms with van der Waals surface area (Å²) in [5, 5.41) is 9.84. The summed E-state index contributed by atoms with van der Waals surface area (Å²) in [7, 11) is 0. The topological polar surface area (TPSA) is 64.4 Å². The van der Waals surface area contributed by atoms with Crippen molar-refractivity contribution in [3.63, 3.8) is 0 Å². The number of hydrogen-bond acceptors (Lipinski definition) is 4. The Balaban J connectivity index is 1.65. The van der Waals surface area contributed by atoms with Crippen molar-refractivity contribution < 1.29 is 9.59 Å². The zero-order valence-electron chi connectivity index (χ0n) is 15.7. The Bertz CT molecular complexity index is 1080. The van der Waals surface area contributed by atoms with Crippen LogP contribution in [-0.2, 0) is 9.59 Å². The second-order valence-corrected chi connectivity index (χ2v) is 7.82. The van der Waals surface area contributed by atoms with Crippen LogP contribution in [0.4, 0.5) is 5.69 Å². The Morgan fingerprint density at radius 1 is 0.964 bits per heavy atom. The molecule has 0 radical (unpaired) electrons. The van der Waals surface area contributed by atoms with E-state index in [0.717, 1.165) is 22.3 Å². The summed E-state index contributed by atoms with van der Waals surface area (Å²) >= 11 is 0. The van der Waals surface area contributed by atoms with E-state index in [-0.39, 0.29) is 17.9 Å². The number of benzene rings is 2. The first-order valence-electron chi connectivity index (χ1n) is 9.41. The van der Waals surface area contributed by atoms with Gasteiger partial charge in [-0.25, -0.2) is 4.90 Å². The SMILES string of the molecule is Cc1cc(C)cc(N2C(=O)C3C(C2=O)C2c4ccccc4C=CN2C3C#N)c1. The number of nitriles is 1. The van der Waals surface area contributed by atoms with Gasteiger partial charge in [-0.1, -0.05) is 30.3 Å². The molecule has 2 saturated heterocycles. The summed E-state index contributed by atoms with van der Waals surface area (Å²) in [6.45, 7) is 3.90. The van der Waals surface area contributed by atoms with E-state index < -0.39 is 17.9 Å². The predicted octanol–water partition coefficient (Wildman–Crippen LogP) is 3.34. The van der Waals surface area contributed by atoms with Crippen LogP contribution in [0.25, 0.3) is 6.08 Å². The maximum atomic E-state index is 13.5. The number of aryl methyl sites for hydroxylation is 2. The van der Waals surface area contributed by atoms with Gasteiger partial charge in [0.05, 0.1) is 29.6 Å². The summed E-state index contributed by atoms with van der Waals surface area (Å²) in [6.07, 6.45) is 3.81. The molecule has 2 fully saturated rings. The number of carbonyl (C=O) groups is 2. The van der Waals surface area contributed by atoms with E-state index in [1.54, 1.807) is 0 Å². The number of carbonyl (C=O) groups excluding carboxylic acids is 2. The number of imide groups is 1.